The summed E-state index contributed by atoms with van der Waals surface area (Å²) in [5.41, 5.74) is 1.19. The summed E-state index contributed by atoms with van der Waals surface area (Å²) in [7, 11) is 4.04. The van der Waals surface area contributed by atoms with E-state index in [0.29, 0.717) is 13.0 Å². The Hall–Kier alpha value is -2.92. The highest BCUT2D eigenvalue weighted by Crippen LogP contribution is 2.43. The highest BCUT2D eigenvalue weighted by Gasteiger charge is 2.51. The third-order valence-electron chi connectivity index (χ3n) is 5.35. The summed E-state index contributed by atoms with van der Waals surface area (Å²) in [6.45, 7) is 1.35. The summed E-state index contributed by atoms with van der Waals surface area (Å²) < 4.78 is 8.01. The Kier molecular flexibility index (Phi) is 5.01. The van der Waals surface area contributed by atoms with Crippen LogP contribution in [-0.4, -0.2) is 40.6 Å². The Labute approximate surface area is 165 Å². The van der Waals surface area contributed by atoms with Crippen LogP contribution in [0.3, 0.4) is 0 Å². The van der Waals surface area contributed by atoms with Crippen LogP contribution in [0.2, 0.25) is 0 Å². The molecule has 5 heteroatoms. The standard InChI is InChI=1S/C23H25N3O2/c1-25(2)17-21-24-13-14-26(21)16-20-15-23(22(27)28-20,18-9-5-3-6-10-18)19-11-7-4-8-12-19/h3-14,20H,15-17H2,1-2H3. The van der Waals surface area contributed by atoms with Gasteiger partial charge in [0.05, 0.1) is 13.1 Å². The lowest BCUT2D eigenvalue weighted by Gasteiger charge is -2.26. The normalized spacial score (nSPS) is 18.4. The topological polar surface area (TPSA) is 47.4 Å². The number of carbonyl (C=O) groups excluding carboxylic acids is 1. The van der Waals surface area contributed by atoms with Crippen molar-refractivity contribution < 1.29 is 9.53 Å². The number of hydrogen-bond acceptors (Lipinski definition) is 4. The third kappa shape index (κ3) is 3.34. The van der Waals surface area contributed by atoms with Gasteiger partial charge in [-0.2, -0.15) is 0 Å². The summed E-state index contributed by atoms with van der Waals surface area (Å²) in [6.07, 6.45) is 4.16. The molecule has 3 aromatic rings. The Bertz CT molecular complexity index is 895. The van der Waals surface area contributed by atoms with Gasteiger partial charge in [-0.1, -0.05) is 60.7 Å². The number of ether oxygens (including phenoxy) is 1. The Morgan fingerprint density at radius 3 is 2.25 bits per heavy atom. The van der Waals surface area contributed by atoms with E-state index in [1.54, 1.807) is 6.20 Å². The van der Waals surface area contributed by atoms with Gasteiger partial charge in [-0.05, 0) is 25.2 Å². The van der Waals surface area contributed by atoms with Gasteiger partial charge < -0.3 is 14.2 Å². The minimum absolute atomic E-state index is 0.177. The molecule has 0 N–H and O–H groups in total. The van der Waals surface area contributed by atoms with Gasteiger partial charge in [0.1, 0.15) is 17.3 Å². The van der Waals surface area contributed by atoms with Crippen molar-refractivity contribution in [3.05, 3.63) is 90.0 Å². The van der Waals surface area contributed by atoms with Gasteiger partial charge in [-0.3, -0.25) is 4.79 Å². The van der Waals surface area contributed by atoms with Crippen LogP contribution in [-0.2, 0) is 28.0 Å². The molecular formula is C23H25N3O2. The van der Waals surface area contributed by atoms with Crippen molar-refractivity contribution >= 4 is 5.97 Å². The van der Waals surface area contributed by atoms with Crippen LogP contribution < -0.4 is 0 Å². The lowest BCUT2D eigenvalue weighted by atomic mass is 9.72. The first kappa shape index (κ1) is 18.4. The van der Waals surface area contributed by atoms with Crippen LogP contribution >= 0.6 is 0 Å². The summed E-state index contributed by atoms with van der Waals surface area (Å²) in [6, 6.07) is 19.9. The maximum atomic E-state index is 13.2. The second kappa shape index (κ2) is 7.60. The maximum absolute atomic E-state index is 13.2. The summed E-state index contributed by atoms with van der Waals surface area (Å²) in [5.74, 6) is 0.794. The van der Waals surface area contributed by atoms with Crippen molar-refractivity contribution in [1.29, 1.82) is 0 Å². The number of benzene rings is 2. The molecule has 28 heavy (non-hydrogen) atoms. The monoisotopic (exact) mass is 375 g/mol. The number of rotatable bonds is 6. The van der Waals surface area contributed by atoms with E-state index in [9.17, 15) is 4.79 Å². The van der Waals surface area contributed by atoms with Crippen LogP contribution in [0, 0.1) is 0 Å². The summed E-state index contributed by atoms with van der Waals surface area (Å²) >= 11 is 0. The number of aromatic nitrogens is 2. The SMILES string of the molecule is CN(C)Cc1nccn1CC1CC(c2ccccc2)(c2ccccc2)C(=O)O1. The number of cyclic esters (lactones) is 1. The fraction of sp³-hybridized carbons (Fsp3) is 0.304. The van der Waals surface area contributed by atoms with Crippen molar-refractivity contribution in [2.24, 2.45) is 0 Å². The van der Waals surface area contributed by atoms with Crippen LogP contribution in [0.15, 0.2) is 73.1 Å². The van der Waals surface area contributed by atoms with E-state index >= 15 is 0 Å². The smallest absolute Gasteiger partial charge is 0.321 e. The van der Waals surface area contributed by atoms with Gasteiger partial charge in [0.2, 0.25) is 0 Å². The highest BCUT2D eigenvalue weighted by molar-refractivity contribution is 5.89. The van der Waals surface area contributed by atoms with Crippen LogP contribution in [0.4, 0.5) is 0 Å². The zero-order valence-corrected chi connectivity index (χ0v) is 16.3. The zero-order chi connectivity index (χ0) is 19.6. The molecule has 1 aliphatic heterocycles. The van der Waals surface area contributed by atoms with E-state index in [4.69, 9.17) is 4.74 Å². The highest BCUT2D eigenvalue weighted by atomic mass is 16.6. The van der Waals surface area contributed by atoms with E-state index in [-0.39, 0.29) is 12.1 Å². The number of imidazole rings is 1. The third-order valence-corrected chi connectivity index (χ3v) is 5.35. The number of carbonyl (C=O) groups is 1. The first-order chi connectivity index (χ1) is 13.6. The molecule has 0 radical (unpaired) electrons. The van der Waals surface area contributed by atoms with Crippen LogP contribution in [0.25, 0.3) is 0 Å². The van der Waals surface area contributed by atoms with Gasteiger partial charge in [-0.25, -0.2) is 4.98 Å². The second-order valence-corrected chi connectivity index (χ2v) is 7.60. The van der Waals surface area contributed by atoms with E-state index in [2.05, 4.69) is 14.5 Å². The van der Waals surface area contributed by atoms with Crippen molar-refractivity contribution in [2.75, 3.05) is 14.1 Å². The quantitative estimate of drug-likeness (QED) is 0.621. The van der Waals surface area contributed by atoms with E-state index in [1.165, 1.54) is 0 Å². The van der Waals surface area contributed by atoms with Crippen molar-refractivity contribution in [3.8, 4) is 0 Å². The van der Waals surface area contributed by atoms with Crippen LogP contribution in [0.5, 0.6) is 0 Å². The van der Waals surface area contributed by atoms with Crippen molar-refractivity contribution in [3.63, 3.8) is 0 Å². The molecule has 0 bridgehead atoms. The lowest BCUT2D eigenvalue weighted by molar-refractivity contribution is -0.145. The van der Waals surface area contributed by atoms with Crippen molar-refractivity contribution in [2.45, 2.75) is 31.0 Å². The Morgan fingerprint density at radius 1 is 1.07 bits per heavy atom. The predicted octanol–water partition coefficient (Wildman–Crippen LogP) is 3.25. The molecule has 1 atom stereocenters. The van der Waals surface area contributed by atoms with Crippen LogP contribution in [0.1, 0.15) is 23.4 Å². The van der Waals surface area contributed by atoms with Gasteiger partial charge in [-0.15, -0.1) is 0 Å². The lowest BCUT2D eigenvalue weighted by Crippen LogP contribution is -2.33. The summed E-state index contributed by atoms with van der Waals surface area (Å²) in [5, 5.41) is 0. The first-order valence-corrected chi connectivity index (χ1v) is 9.56. The molecule has 0 spiro atoms. The molecule has 2 heterocycles. The first-order valence-electron chi connectivity index (χ1n) is 9.56. The number of nitrogens with zero attached hydrogens (tertiary/aromatic N) is 3. The molecule has 4 rings (SSSR count). The Morgan fingerprint density at radius 2 is 1.68 bits per heavy atom. The van der Waals surface area contributed by atoms with E-state index in [1.807, 2.05) is 81.0 Å². The molecule has 0 saturated carbocycles. The second-order valence-electron chi connectivity index (χ2n) is 7.60. The minimum atomic E-state index is -0.768. The van der Waals surface area contributed by atoms with Gasteiger partial charge >= 0.3 is 5.97 Å². The average molecular weight is 375 g/mol. The average Bonchev–Trinajstić information content (AvgIpc) is 3.27. The predicted molar refractivity (Wildman–Crippen MR) is 108 cm³/mol. The number of hydrogen-bond donors (Lipinski definition) is 0. The molecule has 0 amide bonds. The van der Waals surface area contributed by atoms with Gasteiger partial charge in [0.15, 0.2) is 0 Å². The molecule has 2 aromatic carbocycles. The molecule has 1 aromatic heterocycles. The van der Waals surface area contributed by atoms with Gasteiger partial charge in [0, 0.05) is 18.8 Å². The van der Waals surface area contributed by atoms with Gasteiger partial charge in [0.25, 0.3) is 0 Å². The van der Waals surface area contributed by atoms with Crippen molar-refractivity contribution in [1.82, 2.24) is 14.5 Å². The fourth-order valence-corrected chi connectivity index (χ4v) is 4.06. The molecular weight excluding hydrogens is 350 g/mol. The molecule has 1 aliphatic rings. The fourth-order valence-electron chi connectivity index (χ4n) is 4.06. The molecule has 1 unspecified atom stereocenters. The number of esters is 1. The summed E-state index contributed by atoms with van der Waals surface area (Å²) in [4.78, 5) is 19.8. The molecule has 0 aliphatic carbocycles. The zero-order valence-electron chi connectivity index (χ0n) is 16.3. The largest absolute Gasteiger partial charge is 0.459 e. The van der Waals surface area contributed by atoms with E-state index in [0.717, 1.165) is 23.5 Å². The Balaban J connectivity index is 1.67. The molecule has 144 valence electrons. The van der Waals surface area contributed by atoms with E-state index < -0.39 is 5.41 Å². The molecule has 1 fully saturated rings. The molecule has 5 nitrogen and oxygen atoms in total. The maximum Gasteiger partial charge on any atom is 0.321 e. The minimum Gasteiger partial charge on any atom is -0.459 e. The molecule has 1 saturated heterocycles.